The van der Waals surface area contributed by atoms with E-state index in [0.717, 1.165) is 25.9 Å². The predicted octanol–water partition coefficient (Wildman–Crippen LogP) is 1.84. The lowest BCUT2D eigenvalue weighted by molar-refractivity contribution is -0.135. The highest BCUT2D eigenvalue weighted by Crippen LogP contribution is 2.20. The fourth-order valence-electron chi connectivity index (χ4n) is 3.24. The molecule has 2 aliphatic heterocycles. The van der Waals surface area contributed by atoms with Crippen LogP contribution >= 0.6 is 0 Å². The van der Waals surface area contributed by atoms with Crippen molar-refractivity contribution in [1.82, 2.24) is 15.1 Å². The van der Waals surface area contributed by atoms with Crippen LogP contribution in [-0.4, -0.2) is 66.2 Å². The summed E-state index contributed by atoms with van der Waals surface area (Å²) in [6, 6.07) is -0.00410. The summed E-state index contributed by atoms with van der Waals surface area (Å²) in [4.78, 5) is 28.3. The normalized spacial score (nSPS) is 23.7. The van der Waals surface area contributed by atoms with Crippen LogP contribution in [-0.2, 0) is 9.53 Å². The molecule has 132 valence electrons. The number of piperidine rings is 1. The number of piperazine rings is 1. The Hall–Kier alpha value is -1.30. The molecule has 2 saturated heterocycles. The quantitative estimate of drug-likeness (QED) is 0.841. The summed E-state index contributed by atoms with van der Waals surface area (Å²) in [6.45, 7) is 11.4. The van der Waals surface area contributed by atoms with Crippen LogP contribution in [0, 0.1) is 5.92 Å². The van der Waals surface area contributed by atoms with Crippen molar-refractivity contribution in [3.63, 3.8) is 0 Å². The van der Waals surface area contributed by atoms with Crippen molar-refractivity contribution >= 4 is 12.0 Å². The molecule has 1 atom stereocenters. The Kier molecular flexibility index (Phi) is 5.89. The molecule has 0 aromatic heterocycles. The SMILES string of the molecule is C[C@@H]1CN(C(=O)CC2CCNCC2)CCN1C(=O)OC(C)(C)C. The van der Waals surface area contributed by atoms with Gasteiger partial charge >= 0.3 is 6.09 Å². The topological polar surface area (TPSA) is 61.9 Å². The van der Waals surface area contributed by atoms with E-state index in [2.05, 4.69) is 5.32 Å². The Morgan fingerprint density at radius 3 is 2.39 bits per heavy atom. The van der Waals surface area contributed by atoms with Gasteiger partial charge < -0.3 is 19.9 Å². The van der Waals surface area contributed by atoms with Gasteiger partial charge in [-0.3, -0.25) is 4.79 Å². The summed E-state index contributed by atoms with van der Waals surface area (Å²) in [5.41, 5.74) is -0.487. The first-order chi connectivity index (χ1) is 10.8. The fourth-order valence-corrected chi connectivity index (χ4v) is 3.24. The number of nitrogens with one attached hydrogen (secondary N) is 1. The van der Waals surface area contributed by atoms with Crippen molar-refractivity contribution in [1.29, 1.82) is 0 Å². The van der Waals surface area contributed by atoms with E-state index in [0.29, 0.717) is 32.0 Å². The Morgan fingerprint density at radius 2 is 1.83 bits per heavy atom. The van der Waals surface area contributed by atoms with Gasteiger partial charge in [-0.25, -0.2) is 4.79 Å². The van der Waals surface area contributed by atoms with Crippen LogP contribution in [0.5, 0.6) is 0 Å². The Labute approximate surface area is 139 Å². The van der Waals surface area contributed by atoms with Crippen LogP contribution in [0.2, 0.25) is 0 Å². The van der Waals surface area contributed by atoms with Crippen LogP contribution < -0.4 is 5.32 Å². The van der Waals surface area contributed by atoms with Crippen LogP contribution in [0.15, 0.2) is 0 Å². The van der Waals surface area contributed by atoms with Crippen molar-refractivity contribution in [3.05, 3.63) is 0 Å². The standard InChI is InChI=1S/C17H31N3O3/c1-13-12-19(15(21)11-14-5-7-18-8-6-14)9-10-20(13)16(22)23-17(2,3)4/h13-14,18H,5-12H2,1-4H3/t13-/m1/s1. The number of carbonyl (C=O) groups is 2. The van der Waals surface area contributed by atoms with Gasteiger partial charge in [-0.15, -0.1) is 0 Å². The van der Waals surface area contributed by atoms with Crippen molar-refractivity contribution in [2.24, 2.45) is 5.92 Å². The molecule has 1 N–H and O–H groups in total. The molecule has 6 heteroatoms. The monoisotopic (exact) mass is 325 g/mol. The zero-order valence-electron chi connectivity index (χ0n) is 14.9. The average Bonchev–Trinajstić information content (AvgIpc) is 2.46. The smallest absolute Gasteiger partial charge is 0.410 e. The second kappa shape index (κ2) is 7.51. The number of amides is 2. The highest BCUT2D eigenvalue weighted by atomic mass is 16.6. The maximum atomic E-state index is 12.5. The molecule has 2 aliphatic rings. The minimum Gasteiger partial charge on any atom is -0.444 e. The van der Waals surface area contributed by atoms with Gasteiger partial charge in [-0.05, 0) is 59.5 Å². The lowest BCUT2D eigenvalue weighted by Gasteiger charge is -2.40. The maximum absolute atomic E-state index is 12.5. The fraction of sp³-hybridized carbons (Fsp3) is 0.882. The molecule has 0 radical (unpaired) electrons. The molecule has 0 saturated carbocycles. The molecule has 2 amide bonds. The third-order valence-electron chi connectivity index (χ3n) is 4.53. The summed E-state index contributed by atoms with van der Waals surface area (Å²) < 4.78 is 5.44. The van der Waals surface area contributed by atoms with Crippen LogP contribution in [0.25, 0.3) is 0 Å². The van der Waals surface area contributed by atoms with E-state index < -0.39 is 5.60 Å². The highest BCUT2D eigenvalue weighted by molar-refractivity contribution is 5.77. The van der Waals surface area contributed by atoms with Gasteiger partial charge in [0.15, 0.2) is 0 Å². The first kappa shape index (κ1) is 18.0. The molecular formula is C17H31N3O3. The molecule has 0 aromatic rings. The second-order valence-corrected chi connectivity index (χ2v) is 7.76. The zero-order valence-corrected chi connectivity index (χ0v) is 14.9. The third-order valence-corrected chi connectivity index (χ3v) is 4.53. The molecule has 0 unspecified atom stereocenters. The molecule has 0 aromatic carbocycles. The Morgan fingerprint density at radius 1 is 1.17 bits per heavy atom. The molecule has 2 fully saturated rings. The number of rotatable bonds is 2. The lowest BCUT2D eigenvalue weighted by atomic mass is 9.94. The Balaban J connectivity index is 1.82. The van der Waals surface area contributed by atoms with Gasteiger partial charge in [0.25, 0.3) is 0 Å². The summed E-state index contributed by atoms with van der Waals surface area (Å²) >= 11 is 0. The molecule has 23 heavy (non-hydrogen) atoms. The second-order valence-electron chi connectivity index (χ2n) is 7.76. The predicted molar refractivity (Wildman–Crippen MR) is 89.2 cm³/mol. The van der Waals surface area contributed by atoms with Gasteiger partial charge in [0.2, 0.25) is 5.91 Å². The van der Waals surface area contributed by atoms with E-state index >= 15 is 0 Å². The highest BCUT2D eigenvalue weighted by Gasteiger charge is 2.33. The largest absolute Gasteiger partial charge is 0.444 e. The molecule has 6 nitrogen and oxygen atoms in total. The average molecular weight is 325 g/mol. The minimum atomic E-state index is -0.487. The van der Waals surface area contributed by atoms with Crippen LogP contribution in [0.3, 0.4) is 0 Å². The van der Waals surface area contributed by atoms with Gasteiger partial charge in [-0.2, -0.15) is 0 Å². The zero-order chi connectivity index (χ0) is 17.0. The van der Waals surface area contributed by atoms with Gasteiger partial charge in [0.1, 0.15) is 5.60 Å². The van der Waals surface area contributed by atoms with Gasteiger partial charge in [0.05, 0.1) is 0 Å². The van der Waals surface area contributed by atoms with E-state index in [1.165, 1.54) is 0 Å². The van der Waals surface area contributed by atoms with Crippen molar-refractivity contribution in [3.8, 4) is 0 Å². The molecule has 2 rings (SSSR count). The van der Waals surface area contributed by atoms with Crippen LogP contribution in [0.4, 0.5) is 4.79 Å². The molecule has 0 aliphatic carbocycles. The number of nitrogens with zero attached hydrogens (tertiary/aromatic N) is 2. The lowest BCUT2D eigenvalue weighted by Crippen LogP contribution is -2.56. The summed E-state index contributed by atoms with van der Waals surface area (Å²) in [5.74, 6) is 0.732. The minimum absolute atomic E-state index is 0.00410. The van der Waals surface area contributed by atoms with E-state index in [1.54, 1.807) is 4.90 Å². The number of hydrogen-bond donors (Lipinski definition) is 1. The molecular weight excluding hydrogens is 294 g/mol. The molecule has 0 spiro atoms. The van der Waals surface area contributed by atoms with Gasteiger partial charge in [0, 0.05) is 32.1 Å². The molecule has 0 bridgehead atoms. The van der Waals surface area contributed by atoms with Crippen LogP contribution in [0.1, 0.15) is 47.0 Å². The third kappa shape index (κ3) is 5.37. The summed E-state index contributed by atoms with van der Waals surface area (Å²) in [7, 11) is 0. The van der Waals surface area contributed by atoms with Crippen molar-refractivity contribution in [2.75, 3.05) is 32.7 Å². The van der Waals surface area contributed by atoms with E-state index in [4.69, 9.17) is 4.74 Å². The summed E-state index contributed by atoms with van der Waals surface area (Å²) in [5, 5.41) is 3.33. The number of carbonyl (C=O) groups excluding carboxylic acids is 2. The maximum Gasteiger partial charge on any atom is 0.410 e. The van der Waals surface area contributed by atoms with E-state index in [1.807, 2.05) is 32.6 Å². The summed E-state index contributed by atoms with van der Waals surface area (Å²) in [6.07, 6.45) is 2.52. The van der Waals surface area contributed by atoms with Crippen molar-refractivity contribution < 1.29 is 14.3 Å². The number of ether oxygens (including phenoxy) is 1. The van der Waals surface area contributed by atoms with E-state index in [9.17, 15) is 9.59 Å². The van der Waals surface area contributed by atoms with E-state index in [-0.39, 0.29) is 18.0 Å². The molecule has 2 heterocycles. The van der Waals surface area contributed by atoms with Crippen molar-refractivity contribution in [2.45, 2.75) is 58.6 Å². The number of hydrogen-bond acceptors (Lipinski definition) is 4. The first-order valence-electron chi connectivity index (χ1n) is 8.74. The van der Waals surface area contributed by atoms with Gasteiger partial charge in [-0.1, -0.05) is 0 Å². The first-order valence-corrected chi connectivity index (χ1v) is 8.74. The Bertz CT molecular complexity index is 427.